The highest BCUT2D eigenvalue weighted by Gasteiger charge is 2.21. The topological polar surface area (TPSA) is 61.7 Å². The van der Waals surface area contributed by atoms with E-state index in [2.05, 4.69) is 5.32 Å². The maximum atomic E-state index is 9.17. The van der Waals surface area contributed by atoms with Gasteiger partial charge in [0.15, 0.2) is 0 Å². The van der Waals surface area contributed by atoms with Crippen molar-refractivity contribution in [3.8, 4) is 0 Å². The quantitative estimate of drug-likeness (QED) is 0.583. The Morgan fingerprint density at radius 2 is 2.29 bits per heavy atom. The fourth-order valence-electron chi connectivity index (χ4n) is 1.91. The van der Waals surface area contributed by atoms with Gasteiger partial charge >= 0.3 is 0 Å². The van der Waals surface area contributed by atoms with Gasteiger partial charge in [0.25, 0.3) is 0 Å². The molecule has 4 heteroatoms. The molecule has 0 bridgehead atoms. The van der Waals surface area contributed by atoms with E-state index in [1.165, 1.54) is 6.42 Å². The van der Waals surface area contributed by atoms with Crippen LogP contribution in [0.3, 0.4) is 0 Å². The van der Waals surface area contributed by atoms with Gasteiger partial charge in [-0.15, -0.1) is 0 Å². The van der Waals surface area contributed by atoms with E-state index in [-0.39, 0.29) is 6.61 Å². The van der Waals surface area contributed by atoms with Crippen molar-refractivity contribution in [2.75, 3.05) is 20.3 Å². The van der Waals surface area contributed by atoms with Crippen molar-refractivity contribution in [1.82, 2.24) is 5.32 Å². The van der Waals surface area contributed by atoms with Crippen molar-refractivity contribution < 1.29 is 14.9 Å². The second-order valence-electron chi connectivity index (χ2n) is 3.97. The first-order valence-electron chi connectivity index (χ1n) is 5.31. The van der Waals surface area contributed by atoms with Crippen LogP contribution in [0.4, 0.5) is 0 Å². The van der Waals surface area contributed by atoms with E-state index in [0.29, 0.717) is 18.7 Å². The van der Waals surface area contributed by atoms with E-state index in [0.717, 1.165) is 19.3 Å². The van der Waals surface area contributed by atoms with Crippen LogP contribution in [0.25, 0.3) is 0 Å². The Labute approximate surface area is 85.3 Å². The SMILES string of the molecule is COC1CCCC(NCC(O)CO)C1. The lowest BCUT2D eigenvalue weighted by Gasteiger charge is -2.29. The van der Waals surface area contributed by atoms with Crippen molar-refractivity contribution in [2.24, 2.45) is 0 Å². The fourth-order valence-corrected chi connectivity index (χ4v) is 1.91. The molecule has 1 rings (SSSR count). The number of nitrogens with one attached hydrogen (secondary N) is 1. The second kappa shape index (κ2) is 6.35. The molecule has 0 amide bonds. The van der Waals surface area contributed by atoms with E-state index < -0.39 is 6.10 Å². The second-order valence-corrected chi connectivity index (χ2v) is 3.97. The van der Waals surface area contributed by atoms with Gasteiger partial charge in [-0.05, 0) is 25.7 Å². The Bertz CT molecular complexity index is 154. The first-order chi connectivity index (χ1) is 6.76. The summed E-state index contributed by atoms with van der Waals surface area (Å²) in [6, 6.07) is 0.426. The lowest BCUT2D eigenvalue weighted by atomic mass is 9.93. The van der Waals surface area contributed by atoms with Gasteiger partial charge < -0.3 is 20.3 Å². The van der Waals surface area contributed by atoms with Gasteiger partial charge in [0.2, 0.25) is 0 Å². The number of rotatable bonds is 5. The summed E-state index contributed by atoms with van der Waals surface area (Å²) < 4.78 is 5.30. The number of hydrogen-bond donors (Lipinski definition) is 3. The van der Waals surface area contributed by atoms with Crippen LogP contribution in [0.5, 0.6) is 0 Å². The van der Waals surface area contributed by atoms with Gasteiger partial charge in [0.1, 0.15) is 0 Å². The summed E-state index contributed by atoms with van der Waals surface area (Å²) in [6.45, 7) is 0.297. The summed E-state index contributed by atoms with van der Waals surface area (Å²) in [7, 11) is 1.75. The largest absolute Gasteiger partial charge is 0.394 e. The van der Waals surface area contributed by atoms with Crippen LogP contribution in [-0.2, 0) is 4.74 Å². The van der Waals surface area contributed by atoms with Gasteiger partial charge in [-0.1, -0.05) is 0 Å². The third-order valence-corrected chi connectivity index (χ3v) is 2.81. The molecule has 0 aromatic heterocycles. The van der Waals surface area contributed by atoms with Crippen molar-refractivity contribution in [3.63, 3.8) is 0 Å². The zero-order valence-corrected chi connectivity index (χ0v) is 8.78. The molecule has 0 aliphatic heterocycles. The van der Waals surface area contributed by atoms with Crippen LogP contribution in [0.2, 0.25) is 0 Å². The van der Waals surface area contributed by atoms with E-state index in [1.807, 2.05) is 0 Å². The van der Waals surface area contributed by atoms with Gasteiger partial charge in [-0.2, -0.15) is 0 Å². The molecule has 0 aromatic rings. The molecule has 0 heterocycles. The molecule has 0 spiro atoms. The van der Waals surface area contributed by atoms with Crippen LogP contribution >= 0.6 is 0 Å². The molecule has 4 nitrogen and oxygen atoms in total. The maximum Gasteiger partial charge on any atom is 0.0895 e. The highest BCUT2D eigenvalue weighted by molar-refractivity contribution is 4.78. The molecule has 1 aliphatic rings. The molecular weight excluding hydrogens is 182 g/mol. The third kappa shape index (κ3) is 3.92. The van der Waals surface area contributed by atoms with E-state index in [1.54, 1.807) is 7.11 Å². The van der Waals surface area contributed by atoms with Gasteiger partial charge in [-0.25, -0.2) is 0 Å². The molecule has 1 fully saturated rings. The van der Waals surface area contributed by atoms with Crippen molar-refractivity contribution in [3.05, 3.63) is 0 Å². The molecule has 1 aliphatic carbocycles. The fraction of sp³-hybridized carbons (Fsp3) is 1.00. The van der Waals surface area contributed by atoms with Gasteiger partial charge in [0, 0.05) is 19.7 Å². The molecule has 3 unspecified atom stereocenters. The van der Waals surface area contributed by atoms with E-state index in [4.69, 9.17) is 14.9 Å². The molecule has 14 heavy (non-hydrogen) atoms. The van der Waals surface area contributed by atoms with Crippen molar-refractivity contribution >= 4 is 0 Å². The molecule has 84 valence electrons. The molecule has 1 saturated carbocycles. The predicted molar refractivity (Wildman–Crippen MR) is 54.1 cm³/mol. The number of ether oxygens (including phenoxy) is 1. The van der Waals surface area contributed by atoms with E-state index >= 15 is 0 Å². The third-order valence-electron chi connectivity index (χ3n) is 2.81. The first-order valence-corrected chi connectivity index (χ1v) is 5.31. The smallest absolute Gasteiger partial charge is 0.0895 e. The summed E-state index contributed by atoms with van der Waals surface area (Å²) in [4.78, 5) is 0. The van der Waals surface area contributed by atoms with Crippen LogP contribution in [-0.4, -0.2) is 48.7 Å². The van der Waals surface area contributed by atoms with Crippen LogP contribution in [0.15, 0.2) is 0 Å². The maximum absolute atomic E-state index is 9.17. The normalized spacial score (nSPS) is 30.2. The van der Waals surface area contributed by atoms with Gasteiger partial charge in [0.05, 0.1) is 18.8 Å². The van der Waals surface area contributed by atoms with Gasteiger partial charge in [-0.3, -0.25) is 0 Å². The molecule has 3 N–H and O–H groups in total. The van der Waals surface area contributed by atoms with Crippen LogP contribution < -0.4 is 5.32 Å². The van der Waals surface area contributed by atoms with Crippen molar-refractivity contribution in [1.29, 1.82) is 0 Å². The number of aliphatic hydroxyl groups excluding tert-OH is 2. The molecular formula is C10H21NO3. The summed E-state index contributed by atoms with van der Waals surface area (Å²) in [5, 5.41) is 21.1. The average Bonchev–Trinajstić information content (AvgIpc) is 2.26. The Balaban J connectivity index is 2.17. The zero-order valence-electron chi connectivity index (χ0n) is 8.78. The highest BCUT2D eigenvalue weighted by Crippen LogP contribution is 2.20. The molecule has 3 atom stereocenters. The van der Waals surface area contributed by atoms with E-state index in [9.17, 15) is 0 Å². The predicted octanol–water partition coefficient (Wildman–Crippen LogP) is -0.113. The summed E-state index contributed by atoms with van der Waals surface area (Å²) in [5.74, 6) is 0. The summed E-state index contributed by atoms with van der Waals surface area (Å²) >= 11 is 0. The molecule has 0 radical (unpaired) electrons. The average molecular weight is 203 g/mol. The van der Waals surface area contributed by atoms with Crippen LogP contribution in [0.1, 0.15) is 25.7 Å². The van der Waals surface area contributed by atoms with Crippen LogP contribution in [0, 0.1) is 0 Å². The minimum atomic E-state index is -0.641. The highest BCUT2D eigenvalue weighted by atomic mass is 16.5. The standard InChI is InChI=1S/C10H21NO3/c1-14-10-4-2-3-8(5-10)11-6-9(13)7-12/h8-13H,2-7H2,1H3. The van der Waals surface area contributed by atoms with Crippen molar-refractivity contribution in [2.45, 2.75) is 43.9 Å². The summed E-state index contributed by atoms with van der Waals surface area (Å²) in [5.41, 5.74) is 0. The lowest BCUT2D eigenvalue weighted by Crippen LogP contribution is -2.41. The monoisotopic (exact) mass is 203 g/mol. The minimum Gasteiger partial charge on any atom is -0.394 e. The Kier molecular flexibility index (Phi) is 5.40. The summed E-state index contributed by atoms with van der Waals surface area (Å²) in [6.07, 6.45) is 4.17. The number of methoxy groups -OCH3 is 1. The first kappa shape index (κ1) is 11.9. The Morgan fingerprint density at radius 3 is 2.93 bits per heavy atom. The lowest BCUT2D eigenvalue weighted by molar-refractivity contribution is 0.0512. The number of aliphatic hydroxyl groups is 2. The number of hydrogen-bond acceptors (Lipinski definition) is 4. The minimum absolute atomic E-state index is 0.173. The molecule has 0 saturated heterocycles. The zero-order chi connectivity index (χ0) is 10.4. The Hall–Kier alpha value is -0.160. The Morgan fingerprint density at radius 1 is 1.50 bits per heavy atom. The molecule has 0 aromatic carbocycles.